The summed E-state index contributed by atoms with van der Waals surface area (Å²) in [5.41, 5.74) is 8.01. The minimum Gasteiger partial charge on any atom is -0.352 e. The third-order valence-corrected chi connectivity index (χ3v) is 3.49. The Labute approximate surface area is 128 Å². The molecule has 0 bridgehead atoms. The van der Waals surface area contributed by atoms with Crippen molar-refractivity contribution < 1.29 is 14.8 Å². The number of fused-ring (bicyclic) bond motifs is 1. The standard InChI is InChI=1S/C16H19N3O3/c17-14(16(21)19-22)8-9-15(20)18-10-12-6-3-5-11-4-1-2-7-13(11)12/h1-7,14,22H,8-10,17H2,(H,18,20)(H,19,21)/t14-/m0/s1. The van der Waals surface area contributed by atoms with Gasteiger partial charge >= 0.3 is 0 Å². The van der Waals surface area contributed by atoms with Crippen LogP contribution in [0, 0.1) is 0 Å². The highest BCUT2D eigenvalue weighted by atomic mass is 16.5. The van der Waals surface area contributed by atoms with Gasteiger partial charge in [-0.15, -0.1) is 0 Å². The quantitative estimate of drug-likeness (QED) is 0.473. The maximum absolute atomic E-state index is 11.8. The van der Waals surface area contributed by atoms with Gasteiger partial charge in [0.15, 0.2) is 0 Å². The number of rotatable bonds is 6. The summed E-state index contributed by atoms with van der Waals surface area (Å²) >= 11 is 0. The molecule has 2 aromatic rings. The van der Waals surface area contributed by atoms with Gasteiger partial charge in [-0.1, -0.05) is 42.5 Å². The minimum absolute atomic E-state index is 0.124. The van der Waals surface area contributed by atoms with Crippen molar-refractivity contribution in [1.29, 1.82) is 0 Å². The van der Waals surface area contributed by atoms with Crippen molar-refractivity contribution in [2.24, 2.45) is 5.73 Å². The molecule has 1 atom stereocenters. The topological polar surface area (TPSA) is 104 Å². The first-order chi connectivity index (χ1) is 10.6. The van der Waals surface area contributed by atoms with Gasteiger partial charge in [-0.2, -0.15) is 0 Å². The molecule has 0 aromatic heterocycles. The van der Waals surface area contributed by atoms with E-state index in [1.807, 2.05) is 42.5 Å². The summed E-state index contributed by atoms with van der Waals surface area (Å²) in [5.74, 6) is -0.879. The molecular weight excluding hydrogens is 282 g/mol. The Kier molecular flexibility index (Phi) is 5.46. The molecule has 0 saturated carbocycles. The predicted molar refractivity (Wildman–Crippen MR) is 82.9 cm³/mol. The Morgan fingerprint density at radius 1 is 1.14 bits per heavy atom. The number of carbonyl (C=O) groups excluding carboxylic acids is 2. The van der Waals surface area contributed by atoms with Gasteiger partial charge in [-0.3, -0.25) is 14.8 Å². The molecule has 2 rings (SSSR count). The SMILES string of the molecule is N[C@@H](CCC(=O)NCc1cccc2ccccc12)C(=O)NO. The van der Waals surface area contributed by atoms with Crippen LogP contribution in [0.25, 0.3) is 10.8 Å². The zero-order chi connectivity index (χ0) is 15.9. The fourth-order valence-corrected chi connectivity index (χ4v) is 2.23. The van der Waals surface area contributed by atoms with Crippen LogP contribution >= 0.6 is 0 Å². The zero-order valence-electron chi connectivity index (χ0n) is 12.1. The number of nitrogens with one attached hydrogen (secondary N) is 2. The molecule has 0 unspecified atom stereocenters. The number of hydrogen-bond donors (Lipinski definition) is 4. The van der Waals surface area contributed by atoms with E-state index in [9.17, 15) is 9.59 Å². The molecule has 0 saturated heterocycles. The molecule has 0 fully saturated rings. The van der Waals surface area contributed by atoms with Crippen molar-refractivity contribution >= 4 is 22.6 Å². The second kappa shape index (κ2) is 7.53. The molecule has 0 aliphatic heterocycles. The van der Waals surface area contributed by atoms with E-state index < -0.39 is 11.9 Å². The summed E-state index contributed by atoms with van der Waals surface area (Å²) in [6.45, 7) is 0.418. The average molecular weight is 301 g/mol. The predicted octanol–water partition coefficient (Wildman–Crippen LogP) is 1.07. The molecule has 0 heterocycles. The van der Waals surface area contributed by atoms with Crippen LogP contribution in [0.1, 0.15) is 18.4 Å². The number of amides is 2. The normalized spacial score (nSPS) is 11.9. The third-order valence-electron chi connectivity index (χ3n) is 3.49. The first-order valence-corrected chi connectivity index (χ1v) is 7.04. The Bertz CT molecular complexity index is 667. The Morgan fingerprint density at radius 2 is 1.86 bits per heavy atom. The third kappa shape index (κ3) is 4.03. The minimum atomic E-state index is -0.895. The van der Waals surface area contributed by atoms with E-state index in [1.165, 1.54) is 5.48 Å². The van der Waals surface area contributed by atoms with Gasteiger partial charge in [0.25, 0.3) is 5.91 Å². The van der Waals surface area contributed by atoms with Crippen molar-refractivity contribution in [3.8, 4) is 0 Å². The molecule has 6 heteroatoms. The van der Waals surface area contributed by atoms with Crippen LogP contribution in [0.15, 0.2) is 42.5 Å². The molecule has 2 amide bonds. The molecule has 0 radical (unpaired) electrons. The van der Waals surface area contributed by atoms with Crippen molar-refractivity contribution in [1.82, 2.24) is 10.8 Å². The fourth-order valence-electron chi connectivity index (χ4n) is 2.23. The average Bonchev–Trinajstić information content (AvgIpc) is 2.56. The first kappa shape index (κ1) is 15.9. The van der Waals surface area contributed by atoms with Crippen molar-refractivity contribution in [3.05, 3.63) is 48.0 Å². The van der Waals surface area contributed by atoms with Gasteiger partial charge in [-0.25, -0.2) is 5.48 Å². The second-order valence-electron chi connectivity index (χ2n) is 5.04. The summed E-state index contributed by atoms with van der Waals surface area (Å²) in [7, 11) is 0. The zero-order valence-corrected chi connectivity index (χ0v) is 12.1. The number of nitrogens with two attached hydrogens (primary N) is 1. The number of hydroxylamine groups is 1. The van der Waals surface area contributed by atoms with Gasteiger partial charge in [0.05, 0.1) is 6.04 Å². The summed E-state index contributed by atoms with van der Waals surface area (Å²) in [6.07, 6.45) is 0.299. The summed E-state index contributed by atoms with van der Waals surface area (Å²) in [6, 6.07) is 13.0. The van der Waals surface area contributed by atoms with Gasteiger partial charge in [0.2, 0.25) is 5.91 Å². The summed E-state index contributed by atoms with van der Waals surface area (Å²) in [5, 5.41) is 13.5. The van der Waals surface area contributed by atoms with E-state index >= 15 is 0 Å². The van der Waals surface area contributed by atoms with E-state index in [0.717, 1.165) is 16.3 Å². The number of hydrogen-bond acceptors (Lipinski definition) is 4. The number of benzene rings is 2. The summed E-state index contributed by atoms with van der Waals surface area (Å²) in [4.78, 5) is 22.8. The lowest BCUT2D eigenvalue weighted by molar-refractivity contribution is -0.130. The molecular formula is C16H19N3O3. The van der Waals surface area contributed by atoms with E-state index in [1.54, 1.807) is 0 Å². The van der Waals surface area contributed by atoms with Gasteiger partial charge in [-0.05, 0) is 22.8 Å². The highest BCUT2D eigenvalue weighted by Gasteiger charge is 2.14. The Balaban J connectivity index is 1.89. The van der Waals surface area contributed by atoms with E-state index in [0.29, 0.717) is 6.54 Å². The Morgan fingerprint density at radius 3 is 2.64 bits per heavy atom. The van der Waals surface area contributed by atoms with E-state index in [4.69, 9.17) is 10.9 Å². The highest BCUT2D eigenvalue weighted by molar-refractivity contribution is 5.86. The maximum atomic E-state index is 11.8. The monoisotopic (exact) mass is 301 g/mol. The fraction of sp³-hybridized carbons (Fsp3) is 0.250. The van der Waals surface area contributed by atoms with E-state index in [2.05, 4.69) is 5.32 Å². The number of carbonyl (C=O) groups is 2. The van der Waals surface area contributed by atoms with Gasteiger partial charge < -0.3 is 11.1 Å². The molecule has 0 spiro atoms. The molecule has 0 aliphatic rings. The first-order valence-electron chi connectivity index (χ1n) is 7.04. The summed E-state index contributed by atoms with van der Waals surface area (Å²) < 4.78 is 0. The Hall–Kier alpha value is -2.44. The van der Waals surface area contributed by atoms with Crippen molar-refractivity contribution in [2.45, 2.75) is 25.4 Å². The maximum Gasteiger partial charge on any atom is 0.260 e. The molecule has 116 valence electrons. The van der Waals surface area contributed by atoms with Gasteiger partial charge in [0, 0.05) is 13.0 Å². The lowest BCUT2D eigenvalue weighted by Gasteiger charge is -2.10. The molecule has 2 aromatic carbocycles. The van der Waals surface area contributed by atoms with Crippen LogP contribution in [0.3, 0.4) is 0 Å². The van der Waals surface area contributed by atoms with E-state index in [-0.39, 0.29) is 18.7 Å². The van der Waals surface area contributed by atoms with Crippen molar-refractivity contribution in [3.63, 3.8) is 0 Å². The van der Waals surface area contributed by atoms with Crippen LogP contribution in [0.4, 0.5) is 0 Å². The smallest absolute Gasteiger partial charge is 0.260 e. The molecule has 22 heavy (non-hydrogen) atoms. The molecule has 5 N–H and O–H groups in total. The van der Waals surface area contributed by atoms with Gasteiger partial charge in [0.1, 0.15) is 0 Å². The highest BCUT2D eigenvalue weighted by Crippen LogP contribution is 2.18. The van der Waals surface area contributed by atoms with Crippen LogP contribution in [-0.4, -0.2) is 23.1 Å². The van der Waals surface area contributed by atoms with Crippen LogP contribution in [0.2, 0.25) is 0 Å². The lowest BCUT2D eigenvalue weighted by atomic mass is 10.0. The van der Waals surface area contributed by atoms with Crippen LogP contribution in [0.5, 0.6) is 0 Å². The largest absolute Gasteiger partial charge is 0.352 e. The molecule has 0 aliphatic carbocycles. The van der Waals surface area contributed by atoms with Crippen LogP contribution < -0.4 is 16.5 Å². The van der Waals surface area contributed by atoms with Crippen molar-refractivity contribution in [2.75, 3.05) is 0 Å². The lowest BCUT2D eigenvalue weighted by Crippen LogP contribution is -2.39. The van der Waals surface area contributed by atoms with Crippen LogP contribution in [-0.2, 0) is 16.1 Å². The second-order valence-corrected chi connectivity index (χ2v) is 5.04. The molecule has 6 nitrogen and oxygen atoms in total.